The molecule has 0 unspecified atom stereocenters. The molecular formula is C24H40N8O11. The number of nitrogens with two attached hydrogens (primary N) is 3. The molecule has 0 aromatic carbocycles. The summed E-state index contributed by atoms with van der Waals surface area (Å²) in [7, 11) is 0. The van der Waals surface area contributed by atoms with E-state index in [0.29, 0.717) is 6.42 Å². The fraction of sp³-hybridized carbons (Fsp3) is 0.667. The summed E-state index contributed by atoms with van der Waals surface area (Å²) in [4.78, 5) is 98.4. The summed E-state index contributed by atoms with van der Waals surface area (Å²) >= 11 is 0. The van der Waals surface area contributed by atoms with Crippen LogP contribution in [0.3, 0.4) is 0 Å². The predicted octanol–water partition coefficient (Wildman–Crippen LogP) is -6.14. The fourth-order valence-electron chi connectivity index (χ4n) is 4.12. The minimum Gasteiger partial charge on any atom is -0.480 e. The molecule has 1 rings (SSSR count). The lowest BCUT2D eigenvalue weighted by Gasteiger charge is -2.27. The van der Waals surface area contributed by atoms with Crippen LogP contribution >= 0.6 is 0 Å². The largest absolute Gasteiger partial charge is 0.480 e. The van der Waals surface area contributed by atoms with E-state index in [2.05, 4.69) is 21.3 Å². The minimum absolute atomic E-state index is 0.158. The molecule has 0 aromatic heterocycles. The quantitative estimate of drug-likeness (QED) is 0.0730. The van der Waals surface area contributed by atoms with Crippen LogP contribution in [0.2, 0.25) is 0 Å². The average Bonchev–Trinajstić information content (AvgIpc) is 3.41. The van der Waals surface area contributed by atoms with E-state index in [1.807, 2.05) is 0 Å². The number of nitrogens with one attached hydrogen (secondary N) is 4. The predicted molar refractivity (Wildman–Crippen MR) is 145 cm³/mol. The van der Waals surface area contributed by atoms with Crippen LogP contribution in [-0.4, -0.2) is 123 Å². The normalized spacial score (nSPS) is 18.6. The third-order valence-corrected chi connectivity index (χ3v) is 6.47. The summed E-state index contributed by atoms with van der Waals surface area (Å²) in [6.07, 6.45) is -3.56. The van der Waals surface area contributed by atoms with Crippen molar-refractivity contribution in [2.45, 2.75) is 88.4 Å². The number of carbonyl (C=O) groups excluding carboxylic acids is 7. The Hall–Kier alpha value is -4.36. The first kappa shape index (κ1) is 36.7. The van der Waals surface area contributed by atoms with Gasteiger partial charge in [0.2, 0.25) is 41.4 Å². The zero-order valence-corrected chi connectivity index (χ0v) is 23.8. The second-order valence-electron chi connectivity index (χ2n) is 10.1. The molecule has 0 aromatic rings. The van der Waals surface area contributed by atoms with Crippen molar-refractivity contribution in [1.82, 2.24) is 26.2 Å². The van der Waals surface area contributed by atoms with E-state index in [4.69, 9.17) is 17.2 Å². The summed E-state index contributed by atoms with van der Waals surface area (Å²) in [5, 5.41) is 38.1. The number of carboxylic acids is 1. The van der Waals surface area contributed by atoms with Crippen LogP contribution in [0.5, 0.6) is 0 Å². The van der Waals surface area contributed by atoms with E-state index in [0.717, 1.165) is 18.7 Å². The number of carboxylic acid groups (broad SMARTS) is 1. The molecule has 7 amide bonds. The van der Waals surface area contributed by atoms with Gasteiger partial charge in [-0.3, -0.25) is 33.6 Å². The Kier molecular flexibility index (Phi) is 14.4. The molecule has 13 N–H and O–H groups in total. The SMILES string of the molecule is C[C@@H](O)[C@H](NC(=O)[C@H](CC(N)=O)NC(=O)[C@@H](NC(=O)[C@@H](N)CCC(N)=O)[C@@H](C)O)C(=O)NCC(=O)N1CCC[C@H]1C(=O)O. The number of hydrogen-bond acceptors (Lipinski definition) is 11. The van der Waals surface area contributed by atoms with Crippen LogP contribution in [0.1, 0.15) is 46.0 Å². The van der Waals surface area contributed by atoms with Crippen LogP contribution in [0.4, 0.5) is 0 Å². The first-order chi connectivity index (χ1) is 20.0. The van der Waals surface area contributed by atoms with Gasteiger partial charge in [0.25, 0.3) is 0 Å². The van der Waals surface area contributed by atoms with Crippen LogP contribution < -0.4 is 38.5 Å². The topological polar surface area (TPSA) is 327 Å². The molecule has 0 radical (unpaired) electrons. The standard InChI is InChI=1S/C24H40N8O11/c1-10(33)18(22(40)28-9-17(37)32-7-3-4-14(32)24(42)43)31-21(39)13(8-16(27)36)29-23(41)19(11(2)34)30-20(38)12(25)5-6-15(26)35/h10-14,18-19,33-34H,3-9,25H2,1-2H3,(H2,26,35)(H2,27,36)(H,28,40)(H,29,41)(H,30,38)(H,31,39)(H,42,43)/t10-,11-,12+,13+,14+,18+,19+/m1/s1. The lowest BCUT2D eigenvalue weighted by molar-refractivity contribution is -0.148. The van der Waals surface area contributed by atoms with Gasteiger partial charge in [-0.1, -0.05) is 0 Å². The Balaban J connectivity index is 2.94. The lowest BCUT2D eigenvalue weighted by Crippen LogP contribution is -2.61. The van der Waals surface area contributed by atoms with Crippen LogP contribution in [0, 0.1) is 0 Å². The molecule has 0 aliphatic carbocycles. The number of primary amides is 2. The highest BCUT2D eigenvalue weighted by Gasteiger charge is 2.36. The number of carbonyl (C=O) groups is 8. The van der Waals surface area contributed by atoms with E-state index in [-0.39, 0.29) is 25.8 Å². The van der Waals surface area contributed by atoms with E-state index in [1.165, 1.54) is 0 Å². The molecular weight excluding hydrogens is 576 g/mol. The van der Waals surface area contributed by atoms with Crippen molar-refractivity contribution < 1.29 is 53.7 Å². The van der Waals surface area contributed by atoms with Crippen LogP contribution in [0.15, 0.2) is 0 Å². The second-order valence-corrected chi connectivity index (χ2v) is 10.1. The molecule has 0 spiro atoms. The van der Waals surface area contributed by atoms with Crippen molar-refractivity contribution >= 4 is 47.3 Å². The number of aliphatic hydroxyl groups is 2. The zero-order chi connectivity index (χ0) is 33.0. The van der Waals surface area contributed by atoms with E-state index < -0.39 is 103 Å². The monoisotopic (exact) mass is 616 g/mol. The second kappa shape index (κ2) is 16.9. The van der Waals surface area contributed by atoms with Crippen molar-refractivity contribution in [3.05, 3.63) is 0 Å². The van der Waals surface area contributed by atoms with Gasteiger partial charge in [0.05, 0.1) is 31.2 Å². The average molecular weight is 617 g/mol. The molecule has 7 atom stereocenters. The molecule has 43 heavy (non-hydrogen) atoms. The Bertz CT molecular complexity index is 1080. The van der Waals surface area contributed by atoms with Crippen molar-refractivity contribution in [1.29, 1.82) is 0 Å². The van der Waals surface area contributed by atoms with E-state index in [1.54, 1.807) is 0 Å². The van der Waals surface area contributed by atoms with Gasteiger partial charge in [-0.15, -0.1) is 0 Å². The van der Waals surface area contributed by atoms with Gasteiger partial charge >= 0.3 is 5.97 Å². The molecule has 0 bridgehead atoms. The van der Waals surface area contributed by atoms with Gasteiger partial charge in [-0.05, 0) is 33.1 Å². The number of aliphatic hydroxyl groups excluding tert-OH is 2. The van der Waals surface area contributed by atoms with Gasteiger partial charge < -0.3 is 58.7 Å². The number of amides is 7. The summed E-state index contributed by atoms with van der Waals surface area (Å²) in [5.74, 6) is -7.96. The molecule has 1 saturated heterocycles. The number of rotatable bonds is 17. The Labute approximate surface area is 246 Å². The maximum absolute atomic E-state index is 13.0. The third kappa shape index (κ3) is 11.8. The van der Waals surface area contributed by atoms with Crippen molar-refractivity contribution in [3.63, 3.8) is 0 Å². The highest BCUT2D eigenvalue weighted by Crippen LogP contribution is 2.17. The summed E-state index contributed by atoms with van der Waals surface area (Å²) in [6.45, 7) is 1.80. The van der Waals surface area contributed by atoms with Gasteiger partial charge in [-0.2, -0.15) is 0 Å². The summed E-state index contributed by atoms with van der Waals surface area (Å²) in [5.41, 5.74) is 15.9. The van der Waals surface area contributed by atoms with Crippen molar-refractivity contribution in [2.75, 3.05) is 13.1 Å². The zero-order valence-electron chi connectivity index (χ0n) is 23.8. The molecule has 1 aliphatic rings. The van der Waals surface area contributed by atoms with Crippen LogP contribution in [0.25, 0.3) is 0 Å². The minimum atomic E-state index is -1.75. The molecule has 1 fully saturated rings. The Morgan fingerprint density at radius 3 is 1.91 bits per heavy atom. The summed E-state index contributed by atoms with van der Waals surface area (Å²) < 4.78 is 0. The lowest BCUT2D eigenvalue weighted by atomic mass is 10.1. The molecule has 0 saturated carbocycles. The Morgan fingerprint density at radius 1 is 0.837 bits per heavy atom. The fourth-order valence-corrected chi connectivity index (χ4v) is 4.12. The number of likely N-dealkylation sites (tertiary alicyclic amines) is 1. The third-order valence-electron chi connectivity index (χ3n) is 6.47. The van der Waals surface area contributed by atoms with Gasteiger partial charge in [0, 0.05) is 13.0 Å². The van der Waals surface area contributed by atoms with Gasteiger partial charge in [0.15, 0.2) is 0 Å². The van der Waals surface area contributed by atoms with E-state index in [9.17, 15) is 53.7 Å². The highest BCUT2D eigenvalue weighted by molar-refractivity contribution is 5.97. The Morgan fingerprint density at radius 2 is 1.40 bits per heavy atom. The maximum Gasteiger partial charge on any atom is 0.326 e. The smallest absolute Gasteiger partial charge is 0.326 e. The summed E-state index contributed by atoms with van der Waals surface area (Å²) in [6, 6.07) is -7.45. The number of hydrogen-bond donors (Lipinski definition) is 10. The maximum atomic E-state index is 13.0. The van der Waals surface area contributed by atoms with Gasteiger partial charge in [-0.25, -0.2) is 4.79 Å². The number of nitrogens with zero attached hydrogens (tertiary/aromatic N) is 1. The number of aliphatic carboxylic acids is 1. The molecule has 19 nitrogen and oxygen atoms in total. The van der Waals surface area contributed by atoms with Gasteiger partial charge in [0.1, 0.15) is 24.2 Å². The van der Waals surface area contributed by atoms with Crippen molar-refractivity contribution in [2.24, 2.45) is 17.2 Å². The highest BCUT2D eigenvalue weighted by atomic mass is 16.4. The van der Waals surface area contributed by atoms with Crippen molar-refractivity contribution in [3.8, 4) is 0 Å². The molecule has 19 heteroatoms. The van der Waals surface area contributed by atoms with Crippen LogP contribution in [-0.2, 0) is 38.4 Å². The first-order valence-corrected chi connectivity index (χ1v) is 13.4. The molecule has 1 aliphatic heterocycles. The first-order valence-electron chi connectivity index (χ1n) is 13.4. The molecule has 242 valence electrons. The van der Waals surface area contributed by atoms with E-state index >= 15 is 0 Å². The molecule has 1 heterocycles.